The molecule has 2 N–H and O–H groups in total. The van der Waals surface area contributed by atoms with Crippen LogP contribution in [0.3, 0.4) is 0 Å². The average Bonchev–Trinajstić information content (AvgIpc) is 2.29. The summed E-state index contributed by atoms with van der Waals surface area (Å²) < 4.78 is 0. The summed E-state index contributed by atoms with van der Waals surface area (Å²) in [6.07, 6.45) is 3.88. The third-order valence-corrected chi connectivity index (χ3v) is 3.72. The van der Waals surface area contributed by atoms with E-state index in [2.05, 4.69) is 6.92 Å². The Labute approximate surface area is 73.6 Å². The Morgan fingerprint density at radius 3 is 2.58 bits per heavy atom. The highest BCUT2D eigenvalue weighted by Gasteiger charge is 2.45. The topological polar surface area (TPSA) is 40.5 Å². The molecule has 0 bridgehead atoms. The zero-order valence-corrected chi connectivity index (χ0v) is 7.61. The third-order valence-electron chi connectivity index (χ3n) is 3.72. The predicted octanol–water partition coefficient (Wildman–Crippen LogP) is 1.16. The Balaban J connectivity index is 2.12. The van der Waals surface area contributed by atoms with Gasteiger partial charge in [0, 0.05) is 5.92 Å². The Morgan fingerprint density at radius 1 is 1.17 bits per heavy atom. The second-order valence-electron chi connectivity index (χ2n) is 4.54. The van der Waals surface area contributed by atoms with Crippen LogP contribution < -0.4 is 0 Å². The summed E-state index contributed by atoms with van der Waals surface area (Å²) in [5.74, 6) is 1.18. The lowest BCUT2D eigenvalue weighted by Gasteiger charge is -2.32. The fraction of sp³-hybridized carbons (Fsp3) is 1.00. The molecule has 2 aliphatic carbocycles. The van der Waals surface area contributed by atoms with Crippen molar-refractivity contribution in [3.8, 4) is 0 Å². The quantitative estimate of drug-likeness (QED) is 0.573. The molecule has 0 unspecified atom stereocenters. The molecule has 5 atom stereocenters. The smallest absolute Gasteiger partial charge is 0.0621 e. The van der Waals surface area contributed by atoms with Crippen LogP contribution in [0, 0.1) is 17.8 Å². The molecular formula is C10H18O2. The van der Waals surface area contributed by atoms with Crippen molar-refractivity contribution in [1.29, 1.82) is 0 Å². The van der Waals surface area contributed by atoms with Gasteiger partial charge >= 0.3 is 0 Å². The van der Waals surface area contributed by atoms with Gasteiger partial charge in [-0.3, -0.25) is 0 Å². The van der Waals surface area contributed by atoms with Gasteiger partial charge in [0.2, 0.25) is 0 Å². The van der Waals surface area contributed by atoms with E-state index in [0.29, 0.717) is 11.8 Å². The lowest BCUT2D eigenvalue weighted by Crippen LogP contribution is -2.36. The molecular weight excluding hydrogens is 152 g/mol. The summed E-state index contributed by atoms with van der Waals surface area (Å²) in [7, 11) is 0. The third kappa shape index (κ3) is 1.17. The van der Waals surface area contributed by atoms with Crippen molar-refractivity contribution in [3.63, 3.8) is 0 Å². The van der Waals surface area contributed by atoms with Gasteiger partial charge in [-0.1, -0.05) is 13.3 Å². The molecule has 0 radical (unpaired) electrons. The summed E-state index contributed by atoms with van der Waals surface area (Å²) in [6, 6.07) is 0. The molecule has 2 rings (SSSR count). The van der Waals surface area contributed by atoms with Gasteiger partial charge in [-0.2, -0.15) is 0 Å². The highest BCUT2D eigenvalue weighted by Crippen LogP contribution is 2.45. The summed E-state index contributed by atoms with van der Waals surface area (Å²) in [4.78, 5) is 0. The van der Waals surface area contributed by atoms with E-state index < -0.39 is 0 Å². The van der Waals surface area contributed by atoms with Crippen LogP contribution in [0.5, 0.6) is 0 Å². The minimum Gasteiger partial charge on any atom is -0.393 e. The second-order valence-corrected chi connectivity index (χ2v) is 4.54. The molecule has 2 nitrogen and oxygen atoms in total. The van der Waals surface area contributed by atoms with E-state index in [1.54, 1.807) is 0 Å². The molecule has 0 amide bonds. The molecule has 2 saturated carbocycles. The maximum absolute atomic E-state index is 9.80. The minimum atomic E-state index is -0.245. The van der Waals surface area contributed by atoms with Crippen LogP contribution in [0.25, 0.3) is 0 Å². The minimum absolute atomic E-state index is 0.189. The van der Waals surface area contributed by atoms with Crippen LogP contribution in [-0.4, -0.2) is 22.4 Å². The number of fused-ring (bicyclic) bond motifs is 1. The summed E-state index contributed by atoms with van der Waals surface area (Å²) in [5, 5.41) is 19.5. The fourth-order valence-corrected chi connectivity index (χ4v) is 3.07. The maximum Gasteiger partial charge on any atom is 0.0621 e. The van der Waals surface area contributed by atoms with Crippen molar-refractivity contribution in [3.05, 3.63) is 0 Å². The van der Waals surface area contributed by atoms with Crippen molar-refractivity contribution in [2.75, 3.05) is 0 Å². The van der Waals surface area contributed by atoms with Gasteiger partial charge in [0.25, 0.3) is 0 Å². The number of aliphatic hydroxyl groups excluding tert-OH is 2. The van der Waals surface area contributed by atoms with E-state index in [1.165, 1.54) is 6.42 Å². The largest absolute Gasteiger partial charge is 0.393 e. The standard InChI is InChI=1S/C10H18O2/c1-6-5-7-3-2-4-8(11)9(7)10(6)12/h6-12H,2-5H2,1H3/t6-,7+,8-,9+,10+/m1/s1. The van der Waals surface area contributed by atoms with Gasteiger partial charge in [-0.05, 0) is 31.1 Å². The zero-order valence-electron chi connectivity index (χ0n) is 7.61. The van der Waals surface area contributed by atoms with Crippen LogP contribution in [-0.2, 0) is 0 Å². The molecule has 0 aromatic heterocycles. The molecule has 12 heavy (non-hydrogen) atoms. The highest BCUT2D eigenvalue weighted by molar-refractivity contribution is 4.95. The van der Waals surface area contributed by atoms with Gasteiger partial charge in [-0.15, -0.1) is 0 Å². The van der Waals surface area contributed by atoms with E-state index in [-0.39, 0.29) is 18.1 Å². The number of rotatable bonds is 0. The number of hydrogen-bond acceptors (Lipinski definition) is 2. The van der Waals surface area contributed by atoms with Crippen LogP contribution in [0.15, 0.2) is 0 Å². The molecule has 70 valence electrons. The monoisotopic (exact) mass is 170 g/mol. The Hall–Kier alpha value is -0.0800. The predicted molar refractivity (Wildman–Crippen MR) is 46.6 cm³/mol. The number of aliphatic hydroxyl groups is 2. The Kier molecular flexibility index (Phi) is 2.13. The summed E-state index contributed by atoms with van der Waals surface area (Å²) in [5.41, 5.74) is 0. The molecule has 2 heteroatoms. The summed E-state index contributed by atoms with van der Waals surface area (Å²) in [6.45, 7) is 2.09. The molecule has 0 heterocycles. The molecule has 0 saturated heterocycles. The lowest BCUT2D eigenvalue weighted by molar-refractivity contribution is -0.0200. The van der Waals surface area contributed by atoms with Crippen LogP contribution in [0.4, 0.5) is 0 Å². The molecule has 0 aromatic rings. The van der Waals surface area contributed by atoms with Gasteiger partial charge in [0.1, 0.15) is 0 Å². The van der Waals surface area contributed by atoms with Crippen molar-refractivity contribution < 1.29 is 10.2 Å². The molecule has 2 fully saturated rings. The molecule has 0 aromatic carbocycles. The average molecular weight is 170 g/mol. The van der Waals surface area contributed by atoms with Crippen LogP contribution >= 0.6 is 0 Å². The fourth-order valence-electron chi connectivity index (χ4n) is 3.07. The second kappa shape index (κ2) is 3.00. The van der Waals surface area contributed by atoms with Crippen LogP contribution in [0.1, 0.15) is 32.6 Å². The maximum atomic E-state index is 9.80. The van der Waals surface area contributed by atoms with E-state index >= 15 is 0 Å². The van der Waals surface area contributed by atoms with Gasteiger partial charge < -0.3 is 10.2 Å². The van der Waals surface area contributed by atoms with E-state index in [9.17, 15) is 10.2 Å². The first-order valence-corrected chi connectivity index (χ1v) is 5.06. The first kappa shape index (κ1) is 8.52. The molecule has 0 aliphatic heterocycles. The zero-order chi connectivity index (χ0) is 8.72. The molecule has 2 aliphatic rings. The number of hydrogen-bond donors (Lipinski definition) is 2. The lowest BCUT2D eigenvalue weighted by atomic mass is 9.79. The van der Waals surface area contributed by atoms with Crippen LogP contribution in [0.2, 0.25) is 0 Å². The van der Waals surface area contributed by atoms with Gasteiger partial charge in [0.15, 0.2) is 0 Å². The van der Waals surface area contributed by atoms with E-state index in [0.717, 1.165) is 19.3 Å². The highest BCUT2D eigenvalue weighted by atomic mass is 16.3. The normalized spacial score (nSPS) is 53.8. The van der Waals surface area contributed by atoms with Crippen molar-refractivity contribution in [2.24, 2.45) is 17.8 Å². The van der Waals surface area contributed by atoms with E-state index in [4.69, 9.17) is 0 Å². The SMILES string of the molecule is C[C@@H]1C[C@@H]2CCC[C@@H](O)[C@H]2[C@H]1O. The van der Waals surface area contributed by atoms with Crippen molar-refractivity contribution in [1.82, 2.24) is 0 Å². The molecule has 0 spiro atoms. The Morgan fingerprint density at radius 2 is 1.92 bits per heavy atom. The summed E-state index contributed by atoms with van der Waals surface area (Å²) >= 11 is 0. The first-order chi connectivity index (χ1) is 5.70. The Bertz CT molecular complexity index is 169. The van der Waals surface area contributed by atoms with Crippen molar-refractivity contribution >= 4 is 0 Å². The van der Waals surface area contributed by atoms with Gasteiger partial charge in [0.05, 0.1) is 12.2 Å². The van der Waals surface area contributed by atoms with Crippen molar-refractivity contribution in [2.45, 2.75) is 44.8 Å². The van der Waals surface area contributed by atoms with E-state index in [1.807, 2.05) is 0 Å². The van der Waals surface area contributed by atoms with Gasteiger partial charge in [-0.25, -0.2) is 0 Å². The first-order valence-electron chi connectivity index (χ1n) is 5.06.